The van der Waals surface area contributed by atoms with Gasteiger partial charge in [0.2, 0.25) is 0 Å². The molecule has 16 heavy (non-hydrogen) atoms. The van der Waals surface area contributed by atoms with E-state index in [1.165, 1.54) is 0 Å². The molecule has 0 aliphatic carbocycles. The quantitative estimate of drug-likeness (QED) is 0.740. The molecule has 94 valence electrons. The third kappa shape index (κ3) is 3.70. The fourth-order valence-corrected chi connectivity index (χ4v) is 2.08. The molecule has 0 bridgehead atoms. The van der Waals surface area contributed by atoms with E-state index in [1.54, 1.807) is 0 Å². The van der Waals surface area contributed by atoms with E-state index in [2.05, 4.69) is 0 Å². The first-order chi connectivity index (χ1) is 7.74. The van der Waals surface area contributed by atoms with Crippen LogP contribution in [0.25, 0.3) is 0 Å². The first-order valence-electron chi connectivity index (χ1n) is 6.20. The Kier molecular flexibility index (Phi) is 4.58. The number of hydrogen-bond donors (Lipinski definition) is 0. The van der Waals surface area contributed by atoms with Crippen LogP contribution in [0, 0.1) is 11.8 Å². The fraction of sp³-hybridized carbons (Fsp3) is 1.00. The minimum atomic E-state index is -0.0292. The Hall–Kier alpha value is -0.160. The van der Waals surface area contributed by atoms with Gasteiger partial charge in [0.1, 0.15) is 0 Å². The van der Waals surface area contributed by atoms with E-state index < -0.39 is 0 Å². The summed E-state index contributed by atoms with van der Waals surface area (Å²) in [5.41, 5.74) is 0. The summed E-state index contributed by atoms with van der Waals surface area (Å²) in [7, 11) is 0. The topological polar surface area (TPSA) is 36.9 Å². The lowest BCUT2D eigenvalue weighted by Crippen LogP contribution is -2.33. The average Bonchev–Trinajstić information content (AvgIpc) is 2.30. The van der Waals surface area contributed by atoms with E-state index in [0.717, 1.165) is 39.3 Å². The molecule has 0 saturated carbocycles. The largest absolute Gasteiger partial charge is 0.353 e. The van der Waals surface area contributed by atoms with E-state index >= 15 is 0 Å². The first-order valence-corrected chi connectivity index (χ1v) is 6.20. The standard InChI is InChI=1S/C12H22O4/c1-9-13-5-11(6-14-9)3-4-12-7-15-10(2)16-8-12/h9-12H,3-8H2,1-2H3. The van der Waals surface area contributed by atoms with Gasteiger partial charge in [-0.15, -0.1) is 0 Å². The van der Waals surface area contributed by atoms with Crippen molar-refractivity contribution in [2.24, 2.45) is 11.8 Å². The molecular weight excluding hydrogens is 208 g/mol. The lowest BCUT2D eigenvalue weighted by atomic mass is 9.97. The Balaban J connectivity index is 1.60. The molecule has 0 atom stereocenters. The molecule has 0 radical (unpaired) electrons. The Morgan fingerprint density at radius 2 is 1.00 bits per heavy atom. The summed E-state index contributed by atoms with van der Waals surface area (Å²) in [5, 5.41) is 0. The van der Waals surface area contributed by atoms with Crippen LogP contribution in [-0.2, 0) is 18.9 Å². The first kappa shape index (κ1) is 12.3. The summed E-state index contributed by atoms with van der Waals surface area (Å²) >= 11 is 0. The van der Waals surface area contributed by atoms with E-state index in [0.29, 0.717) is 11.8 Å². The van der Waals surface area contributed by atoms with Gasteiger partial charge in [-0.25, -0.2) is 0 Å². The molecule has 2 fully saturated rings. The zero-order valence-corrected chi connectivity index (χ0v) is 10.2. The van der Waals surface area contributed by atoms with Gasteiger partial charge in [-0.3, -0.25) is 0 Å². The Morgan fingerprint density at radius 3 is 1.31 bits per heavy atom. The van der Waals surface area contributed by atoms with Crippen molar-refractivity contribution in [3.8, 4) is 0 Å². The maximum absolute atomic E-state index is 5.46. The fourth-order valence-electron chi connectivity index (χ4n) is 2.08. The summed E-state index contributed by atoms with van der Waals surface area (Å²) in [5.74, 6) is 1.08. The third-order valence-electron chi connectivity index (χ3n) is 3.25. The van der Waals surface area contributed by atoms with Crippen molar-refractivity contribution in [1.82, 2.24) is 0 Å². The summed E-state index contributed by atoms with van der Waals surface area (Å²) in [4.78, 5) is 0. The van der Waals surface area contributed by atoms with Crippen molar-refractivity contribution >= 4 is 0 Å². The predicted molar refractivity (Wildman–Crippen MR) is 58.9 cm³/mol. The third-order valence-corrected chi connectivity index (χ3v) is 3.25. The molecule has 2 saturated heterocycles. The Bertz CT molecular complexity index is 171. The highest BCUT2D eigenvalue weighted by Gasteiger charge is 2.23. The van der Waals surface area contributed by atoms with Gasteiger partial charge in [0.15, 0.2) is 12.6 Å². The minimum absolute atomic E-state index is 0.0292. The zero-order chi connectivity index (χ0) is 11.4. The second kappa shape index (κ2) is 5.96. The van der Waals surface area contributed by atoms with Gasteiger partial charge in [-0.2, -0.15) is 0 Å². The summed E-state index contributed by atoms with van der Waals surface area (Å²) in [6.07, 6.45) is 2.22. The molecular formula is C12H22O4. The molecule has 2 rings (SSSR count). The van der Waals surface area contributed by atoms with Crippen LogP contribution in [0.3, 0.4) is 0 Å². The Labute approximate surface area is 97.2 Å². The molecule has 0 aromatic heterocycles. The van der Waals surface area contributed by atoms with Crippen LogP contribution < -0.4 is 0 Å². The van der Waals surface area contributed by atoms with Crippen molar-refractivity contribution in [2.45, 2.75) is 39.3 Å². The normalized spacial score (nSPS) is 40.9. The number of ether oxygens (including phenoxy) is 4. The van der Waals surface area contributed by atoms with Crippen molar-refractivity contribution in [2.75, 3.05) is 26.4 Å². The van der Waals surface area contributed by atoms with Crippen LogP contribution in [0.4, 0.5) is 0 Å². The van der Waals surface area contributed by atoms with E-state index in [1.807, 2.05) is 13.8 Å². The van der Waals surface area contributed by atoms with Crippen LogP contribution in [0.1, 0.15) is 26.7 Å². The van der Waals surface area contributed by atoms with Gasteiger partial charge in [-0.1, -0.05) is 0 Å². The molecule has 0 N–H and O–H groups in total. The highest BCUT2D eigenvalue weighted by atomic mass is 16.7. The van der Waals surface area contributed by atoms with Crippen LogP contribution in [-0.4, -0.2) is 39.0 Å². The average molecular weight is 230 g/mol. The Morgan fingerprint density at radius 1 is 0.688 bits per heavy atom. The molecule has 0 spiro atoms. The minimum Gasteiger partial charge on any atom is -0.353 e. The summed E-state index contributed by atoms with van der Waals surface area (Å²) in [6.45, 7) is 7.19. The maximum atomic E-state index is 5.46. The van der Waals surface area contributed by atoms with E-state index in [9.17, 15) is 0 Å². The van der Waals surface area contributed by atoms with Gasteiger partial charge in [0, 0.05) is 11.8 Å². The van der Waals surface area contributed by atoms with Gasteiger partial charge in [-0.05, 0) is 26.7 Å². The summed E-state index contributed by atoms with van der Waals surface area (Å²) in [6, 6.07) is 0. The van der Waals surface area contributed by atoms with Crippen LogP contribution in [0.15, 0.2) is 0 Å². The lowest BCUT2D eigenvalue weighted by molar-refractivity contribution is -0.200. The molecule has 0 unspecified atom stereocenters. The predicted octanol–water partition coefficient (Wildman–Crippen LogP) is 1.78. The van der Waals surface area contributed by atoms with Gasteiger partial charge in [0.05, 0.1) is 26.4 Å². The smallest absolute Gasteiger partial charge is 0.154 e. The second-order valence-corrected chi connectivity index (χ2v) is 4.78. The van der Waals surface area contributed by atoms with Gasteiger partial charge in [0.25, 0.3) is 0 Å². The number of rotatable bonds is 3. The SMILES string of the molecule is CC1OCC(CCC2COC(C)OC2)CO1. The molecule has 2 aliphatic heterocycles. The number of hydrogen-bond acceptors (Lipinski definition) is 4. The highest BCUT2D eigenvalue weighted by Crippen LogP contribution is 2.21. The zero-order valence-electron chi connectivity index (χ0n) is 10.2. The van der Waals surface area contributed by atoms with Crippen LogP contribution in [0.2, 0.25) is 0 Å². The maximum Gasteiger partial charge on any atom is 0.154 e. The van der Waals surface area contributed by atoms with Crippen molar-refractivity contribution in [3.05, 3.63) is 0 Å². The molecule has 0 aromatic rings. The van der Waals surface area contributed by atoms with Crippen molar-refractivity contribution in [1.29, 1.82) is 0 Å². The molecule has 0 aromatic carbocycles. The van der Waals surface area contributed by atoms with Crippen LogP contribution >= 0.6 is 0 Å². The van der Waals surface area contributed by atoms with Crippen LogP contribution in [0.5, 0.6) is 0 Å². The van der Waals surface area contributed by atoms with E-state index in [-0.39, 0.29) is 12.6 Å². The van der Waals surface area contributed by atoms with Crippen molar-refractivity contribution in [3.63, 3.8) is 0 Å². The molecule has 2 aliphatic rings. The van der Waals surface area contributed by atoms with Gasteiger partial charge >= 0.3 is 0 Å². The molecule has 4 heteroatoms. The lowest BCUT2D eigenvalue weighted by Gasteiger charge is -2.30. The molecule has 2 heterocycles. The highest BCUT2D eigenvalue weighted by molar-refractivity contribution is 4.67. The second-order valence-electron chi connectivity index (χ2n) is 4.78. The van der Waals surface area contributed by atoms with Gasteiger partial charge < -0.3 is 18.9 Å². The monoisotopic (exact) mass is 230 g/mol. The summed E-state index contributed by atoms with van der Waals surface area (Å²) < 4.78 is 21.9. The molecule has 0 amide bonds. The molecule has 4 nitrogen and oxygen atoms in total. The van der Waals surface area contributed by atoms with E-state index in [4.69, 9.17) is 18.9 Å². The van der Waals surface area contributed by atoms with Crippen molar-refractivity contribution < 1.29 is 18.9 Å².